The normalized spacial score (nSPS) is 13.6. The molecule has 8 aromatic rings. The van der Waals surface area contributed by atoms with Crippen LogP contribution in [0.3, 0.4) is 0 Å². The summed E-state index contributed by atoms with van der Waals surface area (Å²) in [4.78, 5) is 0. The van der Waals surface area contributed by atoms with E-state index in [4.69, 9.17) is 0 Å². The van der Waals surface area contributed by atoms with Crippen LogP contribution >= 0.6 is 15.8 Å². The van der Waals surface area contributed by atoms with Crippen LogP contribution in [0.1, 0.15) is 44.5 Å². The topological polar surface area (TPSA) is 0 Å². The van der Waals surface area contributed by atoms with Crippen LogP contribution in [-0.2, 0) is 49.4 Å². The lowest BCUT2D eigenvalue weighted by atomic mass is 9.93. The molecule has 0 aliphatic heterocycles. The molecule has 0 amide bonds. The van der Waals surface area contributed by atoms with Crippen LogP contribution in [0.4, 0.5) is 105 Å². The minimum Gasteiger partial charge on any atom is -0.166 e. The van der Waals surface area contributed by atoms with Crippen molar-refractivity contribution >= 4 is 69.2 Å². The molecule has 0 saturated carbocycles. The molecule has 0 fully saturated rings. The minimum absolute atomic E-state index is 0.00701. The summed E-state index contributed by atoms with van der Waals surface area (Å²) < 4.78 is 353. The summed E-state index contributed by atoms with van der Waals surface area (Å²) >= 11 is 0. The zero-order valence-corrected chi connectivity index (χ0v) is 39.6. The molecule has 78 heavy (non-hydrogen) atoms. The molecule has 0 atom stereocenters. The Kier molecular flexibility index (Phi) is 14.5. The van der Waals surface area contributed by atoms with Gasteiger partial charge in [-0.3, -0.25) is 0 Å². The molecule has 410 valence electrons. The van der Waals surface area contributed by atoms with E-state index < -0.39 is 177 Å². The zero-order chi connectivity index (χ0) is 57.7. The number of fused-ring (bicyclic) bond motifs is 2. The first-order chi connectivity index (χ1) is 35.7. The van der Waals surface area contributed by atoms with Gasteiger partial charge >= 0.3 is 49.4 Å². The van der Waals surface area contributed by atoms with Crippen molar-refractivity contribution in [1.82, 2.24) is 0 Å². The maximum absolute atomic E-state index is 14.7. The molecule has 0 nitrogen and oxygen atoms in total. The molecule has 8 aromatic carbocycles. The second kappa shape index (κ2) is 19.7. The Morgan fingerprint density at radius 2 is 0.410 bits per heavy atom. The lowest BCUT2D eigenvalue weighted by molar-refractivity contribution is -0.144. The van der Waals surface area contributed by atoms with Crippen LogP contribution < -0.4 is 31.8 Å². The van der Waals surface area contributed by atoms with Crippen molar-refractivity contribution < 1.29 is 105 Å². The number of halogens is 24. The van der Waals surface area contributed by atoms with Gasteiger partial charge in [0.1, 0.15) is 0 Å². The fourth-order valence-electron chi connectivity index (χ4n) is 8.54. The summed E-state index contributed by atoms with van der Waals surface area (Å²) in [5.41, 5.74) is -18.5. The Morgan fingerprint density at radius 3 is 0.603 bits per heavy atom. The van der Waals surface area contributed by atoms with E-state index in [-0.39, 0.29) is 70.1 Å². The Bertz CT molecular complexity index is 3070. The fraction of sp³-hybridized carbons (Fsp3) is 0.154. The molecule has 0 saturated heterocycles. The molecule has 0 aliphatic carbocycles. The van der Waals surface area contributed by atoms with E-state index in [1.54, 1.807) is 0 Å². The third kappa shape index (κ3) is 11.9. The molecule has 0 N–H and O–H groups in total. The number of hydrogen-bond donors (Lipinski definition) is 0. The summed E-state index contributed by atoms with van der Waals surface area (Å²) in [5, 5.41) is -7.32. The van der Waals surface area contributed by atoms with E-state index in [0.717, 1.165) is 36.4 Å². The first-order valence-corrected chi connectivity index (χ1v) is 24.2. The van der Waals surface area contributed by atoms with Gasteiger partial charge in [0.15, 0.2) is 0 Å². The molecule has 0 aliphatic rings. The van der Waals surface area contributed by atoms with Gasteiger partial charge in [-0.15, -0.1) is 0 Å². The summed E-state index contributed by atoms with van der Waals surface area (Å²) in [6.45, 7) is 0. The highest BCUT2D eigenvalue weighted by molar-refractivity contribution is 7.81. The van der Waals surface area contributed by atoms with E-state index in [9.17, 15) is 105 Å². The molecule has 0 bridgehead atoms. The van der Waals surface area contributed by atoms with Crippen LogP contribution in [-0.4, -0.2) is 0 Å². The van der Waals surface area contributed by atoms with Crippen molar-refractivity contribution in [2.45, 2.75) is 49.4 Å². The molecule has 26 heteroatoms. The second-order valence-electron chi connectivity index (χ2n) is 17.1. The SMILES string of the molecule is FC(F)(F)c1cc(P(c2cc(C(F)(F)F)cc(C(F)(F)F)c2)c2ccc3ccccc3c2-c2c(P(c3cc(C(F)(F)F)cc(C(F)(F)F)c3)c3cc(C(F)(F)F)cc(C(F)(F)F)c3)ccc3ccccc23)cc(C(F)(F)F)c1. The third-order valence-corrected chi connectivity index (χ3v) is 16.7. The first-order valence-electron chi connectivity index (χ1n) is 21.5. The number of hydrogen-bond acceptors (Lipinski definition) is 0. The number of benzene rings is 8. The van der Waals surface area contributed by atoms with Gasteiger partial charge in [0.05, 0.1) is 44.5 Å². The summed E-state index contributed by atoms with van der Waals surface area (Å²) in [7, 11) is -7.57. The van der Waals surface area contributed by atoms with Gasteiger partial charge in [0.2, 0.25) is 0 Å². The second-order valence-corrected chi connectivity index (χ2v) is 21.5. The van der Waals surface area contributed by atoms with Gasteiger partial charge in [-0.1, -0.05) is 72.8 Å². The standard InChI is InChI=1S/C52H24F24P2/c53-45(54,55)27-13-28(46(56,57)58)18-35(17-27)77(36-19-29(47(59,60)61)14-30(20-36)48(62,63)64)41-11-9-25-5-1-3-7-39(25)43(41)44-40-8-4-2-6-26(40)10-12-42(44)78(37-21-31(49(65,66)67)15-32(22-37)50(68,69)70)38-23-33(51(71,72)73)16-34(24-38)52(74,75)76/h1-24H. The Hall–Kier alpha value is -6.54. The molecule has 0 heterocycles. The van der Waals surface area contributed by atoms with Crippen molar-refractivity contribution in [2.24, 2.45) is 0 Å². The third-order valence-electron chi connectivity index (χ3n) is 11.9. The largest absolute Gasteiger partial charge is 0.416 e. The van der Waals surface area contributed by atoms with Crippen molar-refractivity contribution in [2.75, 3.05) is 0 Å². The molecule has 0 aromatic heterocycles. The maximum Gasteiger partial charge on any atom is 0.416 e. The van der Waals surface area contributed by atoms with Crippen LogP contribution in [0.15, 0.2) is 146 Å². The molecular formula is C52H24F24P2. The molecule has 0 radical (unpaired) electrons. The zero-order valence-electron chi connectivity index (χ0n) is 37.8. The highest BCUT2D eigenvalue weighted by atomic mass is 31.1. The lowest BCUT2D eigenvalue weighted by Crippen LogP contribution is -2.29. The number of alkyl halides is 24. The predicted octanol–water partition coefficient (Wildman–Crippen LogP) is 17.3. The molecular weight excluding hydrogens is 1140 g/mol. The Balaban J connectivity index is 1.66. The van der Waals surface area contributed by atoms with Crippen molar-refractivity contribution in [3.8, 4) is 11.1 Å². The monoisotopic (exact) mass is 1170 g/mol. The quantitative estimate of drug-likeness (QED) is 0.110. The van der Waals surface area contributed by atoms with Gasteiger partial charge in [0.25, 0.3) is 0 Å². The van der Waals surface area contributed by atoms with Crippen LogP contribution in [0.5, 0.6) is 0 Å². The van der Waals surface area contributed by atoms with Gasteiger partial charge in [-0.2, -0.15) is 105 Å². The highest BCUT2D eigenvalue weighted by Crippen LogP contribution is 2.50. The van der Waals surface area contributed by atoms with Crippen LogP contribution in [0, 0.1) is 0 Å². The average molecular weight is 1170 g/mol. The van der Waals surface area contributed by atoms with E-state index in [2.05, 4.69) is 0 Å². The minimum atomic E-state index is -5.74. The average Bonchev–Trinajstić information content (AvgIpc) is 3.42. The van der Waals surface area contributed by atoms with Crippen molar-refractivity contribution in [3.05, 3.63) is 190 Å². The smallest absolute Gasteiger partial charge is 0.166 e. The van der Waals surface area contributed by atoms with Gasteiger partial charge < -0.3 is 0 Å². The lowest BCUT2D eigenvalue weighted by Gasteiger charge is -2.30. The van der Waals surface area contributed by atoms with Gasteiger partial charge in [-0.25, -0.2) is 0 Å². The summed E-state index contributed by atoms with van der Waals surface area (Å²) in [6.07, 6.45) is -45.9. The summed E-state index contributed by atoms with van der Waals surface area (Å²) in [6, 6.07) is 11.8. The molecule has 0 spiro atoms. The first kappa shape index (κ1) is 57.6. The summed E-state index contributed by atoms with van der Waals surface area (Å²) in [5.74, 6) is 0. The van der Waals surface area contributed by atoms with Crippen molar-refractivity contribution in [1.29, 1.82) is 0 Å². The number of rotatable bonds is 7. The van der Waals surface area contributed by atoms with Crippen LogP contribution in [0.25, 0.3) is 32.7 Å². The molecule has 8 rings (SSSR count). The van der Waals surface area contributed by atoms with E-state index >= 15 is 0 Å². The van der Waals surface area contributed by atoms with Gasteiger partial charge in [0, 0.05) is 0 Å². The molecule has 0 unspecified atom stereocenters. The van der Waals surface area contributed by atoms with Gasteiger partial charge in [-0.05, 0) is 153 Å². The maximum atomic E-state index is 14.7. The van der Waals surface area contributed by atoms with E-state index in [0.29, 0.717) is 0 Å². The fourth-order valence-corrected chi connectivity index (χ4v) is 13.8. The Morgan fingerprint density at radius 1 is 0.218 bits per heavy atom. The van der Waals surface area contributed by atoms with E-state index in [1.165, 1.54) is 36.4 Å². The predicted molar refractivity (Wildman–Crippen MR) is 244 cm³/mol. The van der Waals surface area contributed by atoms with Crippen molar-refractivity contribution in [3.63, 3.8) is 0 Å². The Labute approximate surface area is 424 Å². The van der Waals surface area contributed by atoms with Crippen LogP contribution in [0.2, 0.25) is 0 Å². The highest BCUT2D eigenvalue weighted by Gasteiger charge is 2.44. The van der Waals surface area contributed by atoms with E-state index in [1.807, 2.05) is 0 Å².